The van der Waals surface area contributed by atoms with E-state index < -0.39 is 24.0 Å². The molecule has 2 rings (SSSR count). The third kappa shape index (κ3) is 4.52. The third-order valence-electron chi connectivity index (χ3n) is 3.31. The van der Waals surface area contributed by atoms with Crippen LogP contribution in [0.1, 0.15) is 23.2 Å². The van der Waals surface area contributed by atoms with Gasteiger partial charge in [-0.2, -0.15) is 5.26 Å². The third-order valence-corrected chi connectivity index (χ3v) is 3.31. The molecule has 1 aromatic heterocycles. The van der Waals surface area contributed by atoms with Gasteiger partial charge >= 0.3 is 5.97 Å². The average Bonchev–Trinajstić information content (AvgIpc) is 3.00. The maximum atomic E-state index is 11.6. The van der Waals surface area contributed by atoms with Gasteiger partial charge in [-0.05, 0) is 42.0 Å². The van der Waals surface area contributed by atoms with Gasteiger partial charge in [-0.25, -0.2) is 4.79 Å². The summed E-state index contributed by atoms with van der Waals surface area (Å²) in [7, 11) is 0. The molecule has 1 N–H and O–H groups in total. The lowest BCUT2D eigenvalue weighted by molar-refractivity contribution is -0.149. The molecule has 0 aliphatic heterocycles. The van der Waals surface area contributed by atoms with Crippen LogP contribution < -0.4 is 0 Å². The smallest absolute Gasteiger partial charge is 0.372 e. The minimum atomic E-state index is -1.61. The number of nitriles is 1. The van der Waals surface area contributed by atoms with E-state index >= 15 is 0 Å². The molecule has 120 valence electrons. The van der Waals surface area contributed by atoms with Crippen molar-refractivity contribution in [3.63, 3.8) is 0 Å². The second-order valence-electron chi connectivity index (χ2n) is 5.07. The standard InChI is InChI=1S/C18H14N2O4/c19-11-13-3-5-14(6-4-13)12-20-9-1-2-15(20)7-8-16(21)10-17(22)18(23)24/h1-9H,10,12H2,(H,23,24)/b8-7+. The van der Waals surface area contributed by atoms with Crippen LogP contribution in [0.25, 0.3) is 6.08 Å². The number of nitrogens with zero attached hydrogens (tertiary/aromatic N) is 2. The van der Waals surface area contributed by atoms with Gasteiger partial charge in [-0.1, -0.05) is 12.1 Å². The fraction of sp³-hybridized carbons (Fsp3) is 0.111. The van der Waals surface area contributed by atoms with Crippen LogP contribution in [0.3, 0.4) is 0 Å². The van der Waals surface area contributed by atoms with Crippen LogP contribution in [0.5, 0.6) is 0 Å². The lowest BCUT2D eigenvalue weighted by Gasteiger charge is -2.06. The van der Waals surface area contributed by atoms with Crippen LogP contribution in [-0.4, -0.2) is 27.2 Å². The van der Waals surface area contributed by atoms with Gasteiger partial charge in [0.05, 0.1) is 18.1 Å². The first-order valence-electron chi connectivity index (χ1n) is 7.11. The second kappa shape index (κ2) is 7.70. The predicted octanol–water partition coefficient (Wildman–Crippen LogP) is 2.03. The lowest BCUT2D eigenvalue weighted by atomic mass is 10.1. The monoisotopic (exact) mass is 322 g/mol. The summed E-state index contributed by atoms with van der Waals surface area (Å²) < 4.78 is 1.89. The minimum Gasteiger partial charge on any atom is -0.475 e. The fourth-order valence-electron chi connectivity index (χ4n) is 2.08. The fourth-order valence-corrected chi connectivity index (χ4v) is 2.08. The van der Waals surface area contributed by atoms with Gasteiger partial charge in [-0.15, -0.1) is 0 Å². The van der Waals surface area contributed by atoms with Crippen molar-refractivity contribution in [2.75, 3.05) is 0 Å². The van der Waals surface area contributed by atoms with Gasteiger partial charge < -0.3 is 9.67 Å². The molecular formula is C18H14N2O4. The van der Waals surface area contributed by atoms with Crippen molar-refractivity contribution in [1.29, 1.82) is 5.26 Å². The Kier molecular flexibility index (Phi) is 5.42. The van der Waals surface area contributed by atoms with E-state index in [0.29, 0.717) is 12.1 Å². The first-order valence-corrected chi connectivity index (χ1v) is 7.11. The molecule has 0 unspecified atom stereocenters. The van der Waals surface area contributed by atoms with Crippen molar-refractivity contribution in [3.8, 4) is 6.07 Å². The second-order valence-corrected chi connectivity index (χ2v) is 5.07. The molecule has 24 heavy (non-hydrogen) atoms. The number of ketones is 2. The molecule has 0 fully saturated rings. The van der Waals surface area contributed by atoms with Gasteiger partial charge in [0.25, 0.3) is 0 Å². The molecule has 0 saturated heterocycles. The van der Waals surface area contributed by atoms with E-state index in [1.807, 2.05) is 29.0 Å². The number of Topliss-reactive ketones (excluding diaryl/α,β-unsaturated/α-hetero) is 1. The summed E-state index contributed by atoms with van der Waals surface area (Å²) in [6.07, 6.45) is 3.93. The average molecular weight is 322 g/mol. The van der Waals surface area contributed by atoms with Crippen molar-refractivity contribution in [1.82, 2.24) is 4.57 Å². The van der Waals surface area contributed by atoms with Crippen molar-refractivity contribution in [2.45, 2.75) is 13.0 Å². The van der Waals surface area contributed by atoms with Crippen molar-refractivity contribution in [2.24, 2.45) is 0 Å². The quantitative estimate of drug-likeness (QED) is 0.477. The number of aromatic nitrogens is 1. The highest BCUT2D eigenvalue weighted by Gasteiger charge is 2.14. The topological polar surface area (TPSA) is 100 Å². The molecule has 0 atom stereocenters. The summed E-state index contributed by atoms with van der Waals surface area (Å²) in [5.41, 5.74) is 2.32. The van der Waals surface area contributed by atoms with E-state index in [0.717, 1.165) is 11.3 Å². The lowest BCUT2D eigenvalue weighted by Crippen LogP contribution is -2.15. The summed E-state index contributed by atoms with van der Waals surface area (Å²) in [6, 6.07) is 12.8. The van der Waals surface area contributed by atoms with E-state index in [9.17, 15) is 14.4 Å². The van der Waals surface area contributed by atoms with E-state index in [4.69, 9.17) is 10.4 Å². The number of aliphatic carboxylic acids is 1. The highest BCUT2D eigenvalue weighted by Crippen LogP contribution is 2.11. The molecule has 6 nitrogen and oxygen atoms in total. The summed E-state index contributed by atoms with van der Waals surface area (Å²) >= 11 is 0. The summed E-state index contributed by atoms with van der Waals surface area (Å²) in [4.78, 5) is 33.0. The summed E-state index contributed by atoms with van der Waals surface area (Å²) in [5.74, 6) is -3.30. The molecule has 0 spiro atoms. The predicted molar refractivity (Wildman–Crippen MR) is 86.0 cm³/mol. The Morgan fingerprint density at radius 2 is 1.88 bits per heavy atom. The van der Waals surface area contributed by atoms with Crippen LogP contribution >= 0.6 is 0 Å². The molecule has 6 heteroatoms. The van der Waals surface area contributed by atoms with Gasteiger partial charge in [-0.3, -0.25) is 9.59 Å². The molecule has 0 amide bonds. The van der Waals surface area contributed by atoms with Crippen molar-refractivity contribution in [3.05, 3.63) is 65.5 Å². The van der Waals surface area contributed by atoms with Gasteiger partial charge in [0, 0.05) is 18.4 Å². The first kappa shape index (κ1) is 16.9. The van der Waals surface area contributed by atoms with Crippen molar-refractivity contribution < 1.29 is 19.5 Å². The Morgan fingerprint density at radius 1 is 1.17 bits per heavy atom. The van der Waals surface area contributed by atoms with E-state index in [1.165, 1.54) is 6.08 Å². The zero-order valence-corrected chi connectivity index (χ0v) is 12.7. The van der Waals surface area contributed by atoms with Gasteiger partial charge in [0.15, 0.2) is 5.78 Å². The molecule has 0 aliphatic rings. The van der Waals surface area contributed by atoms with Gasteiger partial charge in [0.2, 0.25) is 5.78 Å². The number of allylic oxidation sites excluding steroid dienone is 1. The maximum Gasteiger partial charge on any atom is 0.372 e. The molecule has 1 heterocycles. The number of hydrogen-bond donors (Lipinski definition) is 1. The van der Waals surface area contributed by atoms with Crippen LogP contribution in [0.2, 0.25) is 0 Å². The molecule has 0 radical (unpaired) electrons. The Hall–Kier alpha value is -3.46. The molecular weight excluding hydrogens is 308 g/mol. The van der Waals surface area contributed by atoms with Crippen LogP contribution in [0.15, 0.2) is 48.7 Å². The van der Waals surface area contributed by atoms with Crippen LogP contribution in [0, 0.1) is 11.3 Å². The minimum absolute atomic E-state index is 0.556. The summed E-state index contributed by atoms with van der Waals surface area (Å²) in [6.45, 7) is 0.556. The number of carbonyl (C=O) groups excluding carboxylic acids is 2. The SMILES string of the molecule is N#Cc1ccc(Cn2cccc2/C=C/C(=O)CC(=O)C(=O)O)cc1. The Balaban J connectivity index is 2.05. The maximum absolute atomic E-state index is 11.6. The number of carboxylic acids is 1. The Morgan fingerprint density at radius 3 is 2.50 bits per heavy atom. The first-order chi connectivity index (χ1) is 11.5. The number of carbonyl (C=O) groups is 3. The Bertz CT molecular complexity index is 839. The van der Waals surface area contributed by atoms with Crippen LogP contribution in [-0.2, 0) is 20.9 Å². The largest absolute Gasteiger partial charge is 0.475 e. The molecule has 0 aliphatic carbocycles. The zero-order chi connectivity index (χ0) is 17.5. The number of benzene rings is 1. The van der Waals surface area contributed by atoms with Gasteiger partial charge in [0.1, 0.15) is 0 Å². The van der Waals surface area contributed by atoms with Crippen molar-refractivity contribution >= 4 is 23.6 Å². The van der Waals surface area contributed by atoms with E-state index in [2.05, 4.69) is 6.07 Å². The Labute approximate surface area is 138 Å². The summed E-state index contributed by atoms with van der Waals surface area (Å²) in [5, 5.41) is 17.3. The number of carboxylic acid groups (broad SMARTS) is 1. The highest BCUT2D eigenvalue weighted by atomic mass is 16.4. The normalized spacial score (nSPS) is 10.5. The zero-order valence-electron chi connectivity index (χ0n) is 12.7. The highest BCUT2D eigenvalue weighted by molar-refractivity contribution is 6.37. The molecule has 1 aromatic carbocycles. The van der Waals surface area contributed by atoms with E-state index in [1.54, 1.807) is 24.3 Å². The van der Waals surface area contributed by atoms with Crippen LogP contribution in [0.4, 0.5) is 0 Å². The number of rotatable bonds is 7. The molecule has 0 saturated carbocycles. The molecule has 0 bridgehead atoms. The van der Waals surface area contributed by atoms with E-state index in [-0.39, 0.29) is 0 Å². The number of hydrogen-bond acceptors (Lipinski definition) is 4. The molecule has 2 aromatic rings.